The molecule has 3 unspecified atom stereocenters. The first-order valence-corrected chi connectivity index (χ1v) is 10.8. The molecule has 0 N–H and O–H groups in total. The highest BCUT2D eigenvalue weighted by atomic mass is 14.5. The molecule has 1 aliphatic rings. The second kappa shape index (κ2) is 10.4. The van der Waals surface area contributed by atoms with E-state index in [0.29, 0.717) is 5.92 Å². The maximum atomic E-state index is 2.61. The van der Waals surface area contributed by atoms with Crippen molar-refractivity contribution in [2.75, 3.05) is 0 Å². The Morgan fingerprint density at radius 2 is 1.44 bits per heavy atom. The molecule has 3 atom stereocenters. The maximum absolute atomic E-state index is 2.61. The number of hydrogen-bond acceptors (Lipinski definition) is 0. The van der Waals surface area contributed by atoms with E-state index in [1.807, 2.05) is 0 Å². The molecule has 0 aromatic heterocycles. The van der Waals surface area contributed by atoms with Gasteiger partial charge in [0.2, 0.25) is 0 Å². The Balaban J connectivity index is 2.81. The summed E-state index contributed by atoms with van der Waals surface area (Å²) in [6, 6.07) is 0. The second-order valence-corrected chi connectivity index (χ2v) is 8.61. The van der Waals surface area contributed by atoms with Crippen LogP contribution in [0.2, 0.25) is 0 Å². The standard InChI is InChI=1S/C25H44/c1-10-17(4)18(5)14-13-15-23(11-2)24(12-3)16-19(6)25-21(8)20(7)22(25)9/h15-16,20-22,24-25H,10-14H2,1-9H3. The summed E-state index contributed by atoms with van der Waals surface area (Å²) >= 11 is 0. The van der Waals surface area contributed by atoms with Gasteiger partial charge in [-0.1, -0.05) is 76.0 Å². The van der Waals surface area contributed by atoms with Gasteiger partial charge in [0.1, 0.15) is 0 Å². The van der Waals surface area contributed by atoms with Crippen LogP contribution in [0.15, 0.2) is 34.4 Å². The minimum atomic E-state index is 0.636. The van der Waals surface area contributed by atoms with Gasteiger partial charge < -0.3 is 0 Å². The van der Waals surface area contributed by atoms with Crippen molar-refractivity contribution in [1.29, 1.82) is 0 Å². The minimum absolute atomic E-state index is 0.636. The van der Waals surface area contributed by atoms with Gasteiger partial charge in [0.05, 0.1) is 0 Å². The highest BCUT2D eigenvalue weighted by Gasteiger charge is 2.42. The summed E-state index contributed by atoms with van der Waals surface area (Å²) in [5.74, 6) is 4.02. The van der Waals surface area contributed by atoms with Gasteiger partial charge in [0.15, 0.2) is 0 Å². The fraction of sp³-hybridized carbons (Fsp3) is 0.760. The van der Waals surface area contributed by atoms with Crippen LogP contribution >= 0.6 is 0 Å². The Labute approximate surface area is 158 Å². The molecule has 25 heavy (non-hydrogen) atoms. The molecule has 1 saturated carbocycles. The molecule has 0 saturated heterocycles. The number of allylic oxidation sites excluding steroid dienone is 6. The maximum Gasteiger partial charge on any atom is -0.00233 e. The topological polar surface area (TPSA) is 0 Å². The fourth-order valence-electron chi connectivity index (χ4n) is 4.76. The molecular formula is C25H44. The Morgan fingerprint density at radius 3 is 1.92 bits per heavy atom. The van der Waals surface area contributed by atoms with E-state index in [9.17, 15) is 0 Å². The number of rotatable bonds is 9. The molecule has 0 heterocycles. The lowest BCUT2D eigenvalue weighted by molar-refractivity contribution is 0.0429. The van der Waals surface area contributed by atoms with E-state index in [-0.39, 0.29) is 0 Å². The van der Waals surface area contributed by atoms with Crippen molar-refractivity contribution in [2.24, 2.45) is 29.6 Å². The zero-order chi connectivity index (χ0) is 19.1. The summed E-state index contributed by atoms with van der Waals surface area (Å²) in [6.07, 6.45) is 11.2. The van der Waals surface area contributed by atoms with Gasteiger partial charge >= 0.3 is 0 Å². The van der Waals surface area contributed by atoms with Gasteiger partial charge in [-0.2, -0.15) is 0 Å². The summed E-state index contributed by atoms with van der Waals surface area (Å²) in [5.41, 5.74) is 6.44. The lowest BCUT2D eigenvalue weighted by atomic mass is 9.56. The van der Waals surface area contributed by atoms with Gasteiger partial charge in [-0.25, -0.2) is 0 Å². The molecule has 1 rings (SSSR count). The van der Waals surface area contributed by atoms with E-state index in [0.717, 1.165) is 23.7 Å². The predicted octanol–water partition coefficient (Wildman–Crippen LogP) is 8.36. The third-order valence-electron chi connectivity index (χ3n) is 7.29. The minimum Gasteiger partial charge on any atom is -0.0844 e. The van der Waals surface area contributed by atoms with Crippen molar-refractivity contribution in [3.63, 3.8) is 0 Å². The van der Waals surface area contributed by atoms with Gasteiger partial charge in [-0.05, 0) is 82.5 Å². The first-order chi connectivity index (χ1) is 11.8. The molecular weight excluding hydrogens is 300 g/mol. The third kappa shape index (κ3) is 5.60. The van der Waals surface area contributed by atoms with Crippen LogP contribution in [0.3, 0.4) is 0 Å². The Bertz CT molecular complexity index is 492. The zero-order valence-corrected chi connectivity index (χ0v) is 18.6. The van der Waals surface area contributed by atoms with Gasteiger partial charge in [-0.15, -0.1) is 0 Å². The average Bonchev–Trinajstić information content (AvgIpc) is 2.62. The largest absolute Gasteiger partial charge is 0.0844 e. The molecule has 144 valence electrons. The van der Waals surface area contributed by atoms with Crippen molar-refractivity contribution in [3.8, 4) is 0 Å². The quantitative estimate of drug-likeness (QED) is 0.368. The zero-order valence-electron chi connectivity index (χ0n) is 18.6. The summed E-state index contributed by atoms with van der Waals surface area (Å²) in [5, 5.41) is 0. The van der Waals surface area contributed by atoms with E-state index in [1.165, 1.54) is 32.1 Å². The molecule has 1 fully saturated rings. The van der Waals surface area contributed by atoms with Crippen LogP contribution in [-0.2, 0) is 0 Å². The molecule has 0 radical (unpaired) electrons. The van der Waals surface area contributed by atoms with Crippen molar-refractivity contribution in [1.82, 2.24) is 0 Å². The Hall–Kier alpha value is -0.780. The third-order valence-corrected chi connectivity index (χ3v) is 7.29. The van der Waals surface area contributed by atoms with Gasteiger partial charge in [-0.3, -0.25) is 0 Å². The predicted molar refractivity (Wildman–Crippen MR) is 115 cm³/mol. The van der Waals surface area contributed by atoms with Gasteiger partial charge in [0, 0.05) is 0 Å². The van der Waals surface area contributed by atoms with Crippen molar-refractivity contribution in [2.45, 2.75) is 94.4 Å². The van der Waals surface area contributed by atoms with Crippen LogP contribution in [0.4, 0.5) is 0 Å². The van der Waals surface area contributed by atoms with Gasteiger partial charge in [0.25, 0.3) is 0 Å². The van der Waals surface area contributed by atoms with E-state index in [2.05, 4.69) is 74.5 Å². The van der Waals surface area contributed by atoms with Crippen LogP contribution in [0, 0.1) is 29.6 Å². The Morgan fingerprint density at radius 1 is 0.840 bits per heavy atom. The van der Waals surface area contributed by atoms with Crippen molar-refractivity contribution >= 4 is 0 Å². The van der Waals surface area contributed by atoms with E-state index < -0.39 is 0 Å². The molecule has 0 aromatic carbocycles. The van der Waals surface area contributed by atoms with E-state index >= 15 is 0 Å². The van der Waals surface area contributed by atoms with Crippen LogP contribution in [0.25, 0.3) is 0 Å². The summed E-state index contributed by atoms with van der Waals surface area (Å²) in [4.78, 5) is 0. The second-order valence-electron chi connectivity index (χ2n) is 8.61. The molecule has 1 aliphatic carbocycles. The Kier molecular flexibility index (Phi) is 9.25. The van der Waals surface area contributed by atoms with Crippen LogP contribution < -0.4 is 0 Å². The SMILES string of the molecule is CCC(=CCCC(C)=C(C)CC)C(C=C(C)C1C(C)C(C)C1C)CC. The van der Waals surface area contributed by atoms with E-state index in [1.54, 1.807) is 22.3 Å². The highest BCUT2D eigenvalue weighted by molar-refractivity contribution is 5.21. The first-order valence-electron chi connectivity index (χ1n) is 10.8. The lowest BCUT2D eigenvalue weighted by Crippen LogP contribution is -2.42. The summed E-state index contributed by atoms with van der Waals surface area (Å²) in [7, 11) is 0. The van der Waals surface area contributed by atoms with Crippen LogP contribution in [-0.4, -0.2) is 0 Å². The van der Waals surface area contributed by atoms with Crippen LogP contribution in [0.1, 0.15) is 94.4 Å². The molecule has 0 bridgehead atoms. The molecule has 0 spiro atoms. The monoisotopic (exact) mass is 344 g/mol. The number of hydrogen-bond donors (Lipinski definition) is 0. The van der Waals surface area contributed by atoms with Crippen LogP contribution in [0.5, 0.6) is 0 Å². The van der Waals surface area contributed by atoms with Crippen molar-refractivity contribution in [3.05, 3.63) is 34.4 Å². The molecule has 0 nitrogen and oxygen atoms in total. The molecule has 0 aliphatic heterocycles. The highest BCUT2D eigenvalue weighted by Crippen LogP contribution is 2.49. The first kappa shape index (κ1) is 22.3. The lowest BCUT2D eigenvalue weighted by Gasteiger charge is -2.49. The summed E-state index contributed by atoms with van der Waals surface area (Å²) in [6.45, 7) is 21.2. The average molecular weight is 345 g/mol. The van der Waals surface area contributed by atoms with E-state index in [4.69, 9.17) is 0 Å². The molecule has 0 aromatic rings. The van der Waals surface area contributed by atoms with Crippen molar-refractivity contribution < 1.29 is 0 Å². The molecule has 0 heteroatoms. The fourth-order valence-corrected chi connectivity index (χ4v) is 4.76. The summed E-state index contributed by atoms with van der Waals surface area (Å²) < 4.78 is 0. The molecule has 0 amide bonds. The smallest absolute Gasteiger partial charge is 0.00233 e. The normalized spacial score (nSPS) is 30.0.